The van der Waals surface area contributed by atoms with Crippen LogP contribution in [0, 0.1) is 0 Å². The summed E-state index contributed by atoms with van der Waals surface area (Å²) in [5, 5.41) is 8.89. The SMILES string of the molecule is CC(C)(C)N(CC(=O)O)C(=O)CCC1CCCCO1. The molecule has 5 nitrogen and oxygen atoms in total. The minimum atomic E-state index is -0.975. The summed E-state index contributed by atoms with van der Waals surface area (Å²) in [6.07, 6.45) is 4.45. The fourth-order valence-electron chi connectivity index (χ4n) is 2.29. The van der Waals surface area contributed by atoms with Crippen LogP contribution in [0.2, 0.25) is 0 Å². The summed E-state index contributed by atoms with van der Waals surface area (Å²) < 4.78 is 5.59. The molecule has 1 fully saturated rings. The number of rotatable bonds is 5. The highest BCUT2D eigenvalue weighted by Crippen LogP contribution is 2.20. The van der Waals surface area contributed by atoms with E-state index < -0.39 is 11.5 Å². The van der Waals surface area contributed by atoms with Crippen LogP contribution in [0.1, 0.15) is 52.9 Å². The second-order valence-electron chi connectivity index (χ2n) is 6.07. The van der Waals surface area contributed by atoms with E-state index in [1.807, 2.05) is 20.8 Å². The van der Waals surface area contributed by atoms with Gasteiger partial charge in [-0.25, -0.2) is 0 Å². The lowest BCUT2D eigenvalue weighted by molar-refractivity contribution is -0.148. The Morgan fingerprint density at radius 2 is 2.00 bits per heavy atom. The van der Waals surface area contributed by atoms with Gasteiger partial charge >= 0.3 is 5.97 Å². The first-order valence-corrected chi connectivity index (χ1v) is 6.94. The predicted molar refractivity (Wildman–Crippen MR) is 71.9 cm³/mol. The van der Waals surface area contributed by atoms with Gasteiger partial charge in [0.05, 0.1) is 6.10 Å². The first-order valence-electron chi connectivity index (χ1n) is 6.94. The lowest BCUT2D eigenvalue weighted by atomic mass is 10.0. The third-order valence-corrected chi connectivity index (χ3v) is 3.36. The van der Waals surface area contributed by atoms with E-state index in [4.69, 9.17) is 9.84 Å². The highest BCUT2D eigenvalue weighted by molar-refractivity contribution is 5.82. The lowest BCUT2D eigenvalue weighted by Crippen LogP contribution is -2.48. The van der Waals surface area contributed by atoms with E-state index in [1.165, 1.54) is 4.90 Å². The molecule has 1 aliphatic heterocycles. The van der Waals surface area contributed by atoms with Crippen LogP contribution in [0.25, 0.3) is 0 Å². The van der Waals surface area contributed by atoms with Gasteiger partial charge in [0.25, 0.3) is 0 Å². The Morgan fingerprint density at radius 1 is 1.32 bits per heavy atom. The Balaban J connectivity index is 2.49. The molecule has 1 rings (SSSR count). The number of carboxylic acid groups (broad SMARTS) is 1. The number of aliphatic carboxylic acids is 1. The highest BCUT2D eigenvalue weighted by Gasteiger charge is 2.28. The molecule has 5 heteroatoms. The molecule has 1 saturated heterocycles. The van der Waals surface area contributed by atoms with Crippen molar-refractivity contribution < 1.29 is 19.4 Å². The van der Waals surface area contributed by atoms with E-state index in [2.05, 4.69) is 0 Å². The van der Waals surface area contributed by atoms with E-state index in [1.54, 1.807) is 0 Å². The third-order valence-electron chi connectivity index (χ3n) is 3.36. The van der Waals surface area contributed by atoms with Crippen molar-refractivity contribution in [2.45, 2.75) is 64.5 Å². The zero-order chi connectivity index (χ0) is 14.5. The van der Waals surface area contributed by atoms with Crippen LogP contribution in [-0.4, -0.2) is 46.7 Å². The average molecular weight is 271 g/mol. The minimum Gasteiger partial charge on any atom is -0.480 e. The molecule has 1 N–H and O–H groups in total. The topological polar surface area (TPSA) is 66.8 Å². The Hall–Kier alpha value is -1.10. The second-order valence-corrected chi connectivity index (χ2v) is 6.07. The lowest BCUT2D eigenvalue weighted by Gasteiger charge is -2.35. The standard InChI is InChI=1S/C14H25NO4/c1-14(2,3)15(10-13(17)18)12(16)8-7-11-6-4-5-9-19-11/h11H,4-10H2,1-3H3,(H,17,18). The normalized spacial score (nSPS) is 20.1. The van der Waals surface area contributed by atoms with Crippen molar-refractivity contribution in [3.05, 3.63) is 0 Å². The molecule has 0 aromatic rings. The average Bonchev–Trinajstić information content (AvgIpc) is 2.33. The van der Waals surface area contributed by atoms with Crippen LogP contribution in [0.5, 0.6) is 0 Å². The molecule has 0 radical (unpaired) electrons. The van der Waals surface area contributed by atoms with Crippen molar-refractivity contribution in [2.24, 2.45) is 0 Å². The Bertz CT molecular complexity index is 316. The molecular weight excluding hydrogens is 246 g/mol. The van der Waals surface area contributed by atoms with Crippen LogP contribution >= 0.6 is 0 Å². The fraction of sp³-hybridized carbons (Fsp3) is 0.857. The smallest absolute Gasteiger partial charge is 0.323 e. The van der Waals surface area contributed by atoms with Crippen molar-refractivity contribution in [1.82, 2.24) is 4.90 Å². The summed E-state index contributed by atoms with van der Waals surface area (Å²) in [4.78, 5) is 24.5. The van der Waals surface area contributed by atoms with Crippen molar-refractivity contribution in [2.75, 3.05) is 13.2 Å². The van der Waals surface area contributed by atoms with Gasteiger partial charge in [-0.3, -0.25) is 9.59 Å². The molecule has 1 amide bonds. The zero-order valence-corrected chi connectivity index (χ0v) is 12.1. The quantitative estimate of drug-likeness (QED) is 0.831. The molecule has 1 unspecified atom stereocenters. The van der Waals surface area contributed by atoms with Gasteiger partial charge in [-0.05, 0) is 46.5 Å². The summed E-state index contributed by atoms with van der Waals surface area (Å²) in [7, 11) is 0. The number of nitrogens with zero attached hydrogens (tertiary/aromatic N) is 1. The molecule has 0 spiro atoms. The number of ether oxygens (including phenoxy) is 1. The van der Waals surface area contributed by atoms with Crippen molar-refractivity contribution in [3.63, 3.8) is 0 Å². The van der Waals surface area contributed by atoms with Gasteiger partial charge in [-0.1, -0.05) is 0 Å². The molecule has 1 heterocycles. The van der Waals surface area contributed by atoms with Crippen molar-refractivity contribution in [1.29, 1.82) is 0 Å². The van der Waals surface area contributed by atoms with Gasteiger partial charge in [-0.15, -0.1) is 0 Å². The molecule has 19 heavy (non-hydrogen) atoms. The molecule has 0 aromatic carbocycles. The van der Waals surface area contributed by atoms with Gasteiger partial charge in [0, 0.05) is 18.6 Å². The first kappa shape index (κ1) is 16.0. The van der Waals surface area contributed by atoms with E-state index in [0.717, 1.165) is 25.9 Å². The van der Waals surface area contributed by atoms with Crippen LogP contribution in [-0.2, 0) is 14.3 Å². The number of carbonyl (C=O) groups excluding carboxylic acids is 1. The Morgan fingerprint density at radius 3 is 2.47 bits per heavy atom. The molecule has 1 aliphatic rings. The van der Waals surface area contributed by atoms with Gasteiger partial charge < -0.3 is 14.7 Å². The number of hydrogen-bond acceptors (Lipinski definition) is 3. The van der Waals surface area contributed by atoms with Gasteiger partial charge in [0.2, 0.25) is 5.91 Å². The largest absolute Gasteiger partial charge is 0.480 e. The van der Waals surface area contributed by atoms with Crippen LogP contribution < -0.4 is 0 Å². The maximum Gasteiger partial charge on any atom is 0.323 e. The number of carboxylic acids is 1. The molecule has 110 valence electrons. The van der Waals surface area contributed by atoms with Crippen LogP contribution in [0.3, 0.4) is 0 Å². The summed E-state index contributed by atoms with van der Waals surface area (Å²) in [6, 6.07) is 0. The summed E-state index contributed by atoms with van der Waals surface area (Å²) in [5.41, 5.74) is -0.469. The number of hydrogen-bond donors (Lipinski definition) is 1. The van der Waals surface area contributed by atoms with E-state index >= 15 is 0 Å². The summed E-state index contributed by atoms with van der Waals surface area (Å²) in [6.45, 7) is 6.09. The van der Waals surface area contributed by atoms with Gasteiger partial charge in [0.15, 0.2) is 0 Å². The highest BCUT2D eigenvalue weighted by atomic mass is 16.5. The van der Waals surface area contributed by atoms with Gasteiger partial charge in [-0.2, -0.15) is 0 Å². The van der Waals surface area contributed by atoms with E-state index in [-0.39, 0.29) is 18.6 Å². The predicted octanol–water partition coefficient (Wildman–Crippen LogP) is 2.05. The first-order chi connectivity index (χ1) is 8.80. The number of amides is 1. The molecular formula is C14H25NO4. The van der Waals surface area contributed by atoms with Crippen LogP contribution in [0.4, 0.5) is 0 Å². The third kappa shape index (κ3) is 5.59. The molecule has 0 saturated carbocycles. The van der Waals surface area contributed by atoms with E-state index in [0.29, 0.717) is 12.8 Å². The van der Waals surface area contributed by atoms with Crippen LogP contribution in [0.15, 0.2) is 0 Å². The molecule has 0 bridgehead atoms. The fourth-order valence-corrected chi connectivity index (χ4v) is 2.29. The number of carbonyl (C=O) groups is 2. The Kier molecular flexibility index (Phi) is 5.79. The molecule has 1 atom stereocenters. The summed E-state index contributed by atoms with van der Waals surface area (Å²) >= 11 is 0. The Labute approximate surface area is 114 Å². The maximum absolute atomic E-state index is 12.2. The molecule has 0 aliphatic carbocycles. The maximum atomic E-state index is 12.2. The van der Waals surface area contributed by atoms with Crippen molar-refractivity contribution in [3.8, 4) is 0 Å². The van der Waals surface area contributed by atoms with E-state index in [9.17, 15) is 9.59 Å². The summed E-state index contributed by atoms with van der Waals surface area (Å²) in [5.74, 6) is -1.08. The van der Waals surface area contributed by atoms with Crippen molar-refractivity contribution >= 4 is 11.9 Å². The van der Waals surface area contributed by atoms with Gasteiger partial charge in [0.1, 0.15) is 6.54 Å². The monoisotopic (exact) mass is 271 g/mol. The minimum absolute atomic E-state index is 0.107. The molecule has 0 aromatic heterocycles. The zero-order valence-electron chi connectivity index (χ0n) is 12.1. The second kappa shape index (κ2) is 6.89.